The molecule has 3 heterocycles. The van der Waals surface area contributed by atoms with Crippen LogP contribution in [-0.2, 0) is 38.0 Å². The molecule has 4 aliphatic carbocycles. The number of carbonyl (C=O) groups is 2. The fraction of sp³-hybridized carbons (Fsp3) is 0.867. The fourth-order valence-corrected chi connectivity index (χ4v) is 12.0. The van der Waals surface area contributed by atoms with Crippen LogP contribution in [0.25, 0.3) is 0 Å². The lowest BCUT2D eigenvalue weighted by Gasteiger charge is -2.57. The Balaban J connectivity index is 1.12. The van der Waals surface area contributed by atoms with Crippen LogP contribution in [0.3, 0.4) is 0 Å². The zero-order chi connectivity index (χ0) is 45.2. The monoisotopic (exact) mass is 882 g/mol. The van der Waals surface area contributed by atoms with Crippen molar-refractivity contribution in [1.82, 2.24) is 0 Å². The van der Waals surface area contributed by atoms with E-state index in [1.54, 1.807) is 6.92 Å². The highest BCUT2D eigenvalue weighted by Gasteiger charge is 2.61. The summed E-state index contributed by atoms with van der Waals surface area (Å²) in [5.41, 5.74) is 1.86. The van der Waals surface area contributed by atoms with E-state index in [4.69, 9.17) is 28.4 Å². The first-order valence-corrected chi connectivity index (χ1v) is 22.6. The molecule has 7 aliphatic rings. The van der Waals surface area contributed by atoms with Gasteiger partial charge in [-0.1, -0.05) is 32.4 Å². The minimum Gasteiger partial charge on any atom is -0.396 e. The van der Waals surface area contributed by atoms with Crippen molar-refractivity contribution in [2.75, 3.05) is 13.2 Å². The van der Waals surface area contributed by atoms with Gasteiger partial charge < -0.3 is 74.4 Å². The predicted molar refractivity (Wildman–Crippen MR) is 216 cm³/mol. The summed E-state index contributed by atoms with van der Waals surface area (Å²) in [6.45, 7) is 10.4. The number of ether oxygens (including phenoxy) is 6. The molecule has 0 unspecified atom stereocenters. The lowest BCUT2D eigenvalue weighted by molar-refractivity contribution is -0.393. The van der Waals surface area contributed by atoms with Crippen LogP contribution in [-0.4, -0.2) is 169 Å². The standard InChI is InChI=1S/C45H70O17/c1-19(17-46)7-10-28(48)20(2)31-29(49)16-27-25-9-8-23-15-24(11-13-44(23,5)26(25)12-14-45(27,31)6)59-43-40(62-42-38(56)36(54)33(51)22(4)58-42)39(34(52)30(18-47)60-43)61-41-37(55)35(53)32(50)21(3)57-41/h8,19,21-22,24-27,30,32-43,46-47,50-56H,7,9-18H2,1-6H3/b31-20-/t19-,21+,22+,24+,25-,26+,27+,30-,32+,33+,34-,35-,36-,37-,38-,39+,40-,41+,42+,43-,44+,45+/m1/s1. The number of hydrogen-bond donors (Lipinski definition) is 9. The molecular weight excluding hydrogens is 812 g/mol. The highest BCUT2D eigenvalue weighted by Crippen LogP contribution is 2.66. The van der Waals surface area contributed by atoms with Gasteiger partial charge in [0.05, 0.1) is 24.9 Å². The average Bonchev–Trinajstić information content (AvgIpc) is 3.52. The summed E-state index contributed by atoms with van der Waals surface area (Å²) in [5, 5.41) is 95.1. The minimum absolute atomic E-state index is 0.00761. The Bertz CT molecular complexity index is 1690. The molecule has 6 fully saturated rings. The Morgan fingerprint density at radius 3 is 1.95 bits per heavy atom. The Labute approximate surface area is 363 Å². The van der Waals surface area contributed by atoms with Crippen LogP contribution >= 0.6 is 0 Å². The third-order valence-corrected chi connectivity index (χ3v) is 16.0. The normalized spacial score (nSPS) is 49.6. The molecule has 22 atom stereocenters. The molecule has 352 valence electrons. The quantitative estimate of drug-likeness (QED) is 0.0943. The van der Waals surface area contributed by atoms with E-state index in [0.717, 1.165) is 25.7 Å². The van der Waals surface area contributed by atoms with Gasteiger partial charge >= 0.3 is 0 Å². The molecule has 0 aromatic rings. The molecule has 62 heavy (non-hydrogen) atoms. The molecule has 0 aromatic heterocycles. The van der Waals surface area contributed by atoms with Crippen LogP contribution in [0, 0.1) is 34.5 Å². The molecule has 17 nitrogen and oxygen atoms in total. The summed E-state index contributed by atoms with van der Waals surface area (Å²) >= 11 is 0. The molecule has 9 N–H and O–H groups in total. The topological polar surface area (TPSA) is 272 Å². The first kappa shape index (κ1) is 48.2. The van der Waals surface area contributed by atoms with Crippen molar-refractivity contribution in [3.05, 3.63) is 22.8 Å². The molecule has 0 aromatic carbocycles. The lowest BCUT2D eigenvalue weighted by atomic mass is 9.47. The molecule has 0 bridgehead atoms. The Morgan fingerprint density at radius 1 is 0.758 bits per heavy atom. The third-order valence-electron chi connectivity index (χ3n) is 16.0. The Morgan fingerprint density at radius 2 is 1.35 bits per heavy atom. The minimum atomic E-state index is -1.77. The van der Waals surface area contributed by atoms with Crippen LogP contribution in [0.4, 0.5) is 0 Å². The Kier molecular flexibility index (Phi) is 14.6. The average molecular weight is 883 g/mol. The Hall–Kier alpha value is -1.78. The van der Waals surface area contributed by atoms with Gasteiger partial charge in [-0.15, -0.1) is 0 Å². The van der Waals surface area contributed by atoms with E-state index in [0.29, 0.717) is 43.3 Å². The number of fused-ring (bicyclic) bond motifs is 5. The molecule has 0 spiro atoms. The fourth-order valence-electron chi connectivity index (χ4n) is 12.0. The van der Waals surface area contributed by atoms with Crippen LogP contribution < -0.4 is 0 Å². The van der Waals surface area contributed by atoms with Gasteiger partial charge in [-0.2, -0.15) is 0 Å². The lowest BCUT2D eigenvalue weighted by Crippen LogP contribution is -2.67. The number of aliphatic hydroxyl groups is 9. The summed E-state index contributed by atoms with van der Waals surface area (Å²) in [6, 6.07) is 0. The second-order valence-electron chi connectivity index (χ2n) is 19.9. The van der Waals surface area contributed by atoms with Crippen molar-refractivity contribution >= 4 is 11.6 Å². The van der Waals surface area contributed by atoms with Crippen LogP contribution in [0.5, 0.6) is 0 Å². The molecular formula is C45H70O17. The highest BCUT2D eigenvalue weighted by atomic mass is 16.8. The van der Waals surface area contributed by atoms with Gasteiger partial charge in [-0.05, 0) is 106 Å². The van der Waals surface area contributed by atoms with Crippen molar-refractivity contribution in [3.8, 4) is 0 Å². The summed E-state index contributed by atoms with van der Waals surface area (Å²) in [5.74, 6) is 0.665. The molecule has 17 heteroatoms. The van der Waals surface area contributed by atoms with Crippen molar-refractivity contribution in [3.63, 3.8) is 0 Å². The van der Waals surface area contributed by atoms with E-state index in [-0.39, 0.29) is 47.3 Å². The van der Waals surface area contributed by atoms with Gasteiger partial charge in [0.15, 0.2) is 30.4 Å². The molecule has 3 saturated carbocycles. The number of hydrogen-bond acceptors (Lipinski definition) is 17. The summed E-state index contributed by atoms with van der Waals surface area (Å²) in [6.07, 6.45) is -14.9. The van der Waals surface area contributed by atoms with Crippen molar-refractivity contribution < 1.29 is 84.0 Å². The van der Waals surface area contributed by atoms with Crippen LogP contribution in [0.1, 0.15) is 99.3 Å². The second kappa shape index (κ2) is 18.8. The molecule has 0 radical (unpaired) electrons. The van der Waals surface area contributed by atoms with Crippen LogP contribution in [0.15, 0.2) is 22.8 Å². The molecule has 0 amide bonds. The SMILES string of the molecule is C/C(C(=O)CC[C@@H](C)CO)=C1\C(=O)C[C@H]2[C@@H]3CC=C4C[C@@H](O[C@@H]5O[C@H](CO)[C@@H](O)[C@H](O[C@@H]6O[C@@H](C)[C@H](O)[C@@H](O)[C@H]6O)[C@H]5O[C@@H]5O[C@@H](C)[C@H](O)[C@@H](O)[C@H]5O)CC[C@]4(C)[C@H]3CC[C@]12C. The molecule has 3 aliphatic heterocycles. The maximum absolute atomic E-state index is 13.8. The smallest absolute Gasteiger partial charge is 0.187 e. The number of ketones is 2. The number of Topliss-reactive ketones (excluding diaryl/α,β-unsaturated/α-hetero) is 2. The molecule has 3 saturated heterocycles. The summed E-state index contributed by atoms with van der Waals surface area (Å²) < 4.78 is 36.7. The molecule has 7 rings (SSSR count). The van der Waals surface area contributed by atoms with Gasteiger partial charge in [-0.3, -0.25) is 9.59 Å². The zero-order valence-electron chi connectivity index (χ0n) is 36.7. The van der Waals surface area contributed by atoms with E-state index >= 15 is 0 Å². The van der Waals surface area contributed by atoms with Gasteiger partial charge in [0, 0.05) is 25.0 Å². The first-order valence-electron chi connectivity index (χ1n) is 22.6. The highest BCUT2D eigenvalue weighted by molar-refractivity contribution is 6.08. The van der Waals surface area contributed by atoms with Gasteiger partial charge in [0.1, 0.15) is 61.0 Å². The van der Waals surface area contributed by atoms with Gasteiger partial charge in [0.2, 0.25) is 0 Å². The first-order chi connectivity index (χ1) is 29.2. The van der Waals surface area contributed by atoms with E-state index in [9.17, 15) is 55.5 Å². The number of aliphatic hydroxyl groups excluding tert-OH is 9. The van der Waals surface area contributed by atoms with Gasteiger partial charge in [0.25, 0.3) is 0 Å². The van der Waals surface area contributed by atoms with Crippen LogP contribution in [0.2, 0.25) is 0 Å². The third kappa shape index (κ3) is 8.68. The maximum atomic E-state index is 13.8. The van der Waals surface area contributed by atoms with Crippen molar-refractivity contribution in [2.24, 2.45) is 34.5 Å². The number of rotatable bonds is 12. The predicted octanol–water partition coefficient (Wildman–Crippen LogP) is 0.311. The summed E-state index contributed by atoms with van der Waals surface area (Å²) in [4.78, 5) is 27.2. The van der Waals surface area contributed by atoms with Gasteiger partial charge in [-0.25, -0.2) is 0 Å². The zero-order valence-corrected chi connectivity index (χ0v) is 36.7. The largest absolute Gasteiger partial charge is 0.396 e. The van der Waals surface area contributed by atoms with Crippen molar-refractivity contribution in [2.45, 2.75) is 198 Å². The number of allylic oxidation sites excluding steroid dienone is 3. The van der Waals surface area contributed by atoms with E-state index in [1.807, 2.05) is 6.92 Å². The number of carbonyl (C=O) groups excluding carboxylic acids is 2. The van der Waals surface area contributed by atoms with E-state index in [2.05, 4.69) is 19.9 Å². The summed E-state index contributed by atoms with van der Waals surface area (Å²) in [7, 11) is 0. The second-order valence-corrected chi connectivity index (χ2v) is 19.9. The van der Waals surface area contributed by atoms with E-state index < -0.39 is 110 Å². The maximum Gasteiger partial charge on any atom is 0.187 e. The van der Waals surface area contributed by atoms with Crippen molar-refractivity contribution in [1.29, 1.82) is 0 Å². The van der Waals surface area contributed by atoms with E-state index in [1.165, 1.54) is 19.4 Å².